The van der Waals surface area contributed by atoms with E-state index < -0.39 is 0 Å². The van der Waals surface area contributed by atoms with Gasteiger partial charge in [0.15, 0.2) is 0 Å². The van der Waals surface area contributed by atoms with Gasteiger partial charge >= 0.3 is 0 Å². The fourth-order valence-electron chi connectivity index (χ4n) is 3.21. The molecule has 6 nitrogen and oxygen atoms in total. The van der Waals surface area contributed by atoms with Gasteiger partial charge in [0.05, 0.1) is 5.69 Å². The lowest BCUT2D eigenvalue weighted by molar-refractivity contribution is -0.136. The molecule has 0 unspecified atom stereocenters. The lowest BCUT2D eigenvalue weighted by Gasteiger charge is -2.33. The van der Waals surface area contributed by atoms with Crippen molar-refractivity contribution in [2.45, 2.75) is 18.8 Å². The first-order valence-electron chi connectivity index (χ1n) is 8.23. The Morgan fingerprint density at radius 2 is 2.16 bits per heavy atom. The molecule has 1 aromatic heterocycles. The summed E-state index contributed by atoms with van der Waals surface area (Å²) in [4.78, 5) is 22.5. The largest absolute Gasteiger partial charge is 0.375 e. The molecule has 2 N–H and O–H groups in total. The number of amides is 1. The van der Waals surface area contributed by atoms with E-state index in [9.17, 15) is 9.18 Å². The highest BCUT2D eigenvalue weighted by Gasteiger charge is 2.27. The fraction of sp³-hybridized carbons (Fsp3) is 0.389. The molecule has 2 heterocycles. The zero-order valence-corrected chi connectivity index (χ0v) is 14.1. The highest BCUT2D eigenvalue weighted by atomic mass is 19.1. The van der Waals surface area contributed by atoms with Crippen molar-refractivity contribution in [2.24, 2.45) is 0 Å². The molecule has 0 saturated carbocycles. The van der Waals surface area contributed by atoms with Crippen LogP contribution >= 0.6 is 0 Å². The second-order valence-electron chi connectivity index (χ2n) is 6.15. The van der Waals surface area contributed by atoms with Crippen LogP contribution in [-0.2, 0) is 9.53 Å². The van der Waals surface area contributed by atoms with Gasteiger partial charge in [-0.05, 0) is 30.5 Å². The summed E-state index contributed by atoms with van der Waals surface area (Å²) in [5, 5.41) is 0. The molecule has 0 spiro atoms. The van der Waals surface area contributed by atoms with Gasteiger partial charge in [-0.15, -0.1) is 0 Å². The number of halogens is 1. The number of hydrogen-bond acceptors (Lipinski definition) is 5. The number of ether oxygens (including phenoxy) is 1. The second kappa shape index (κ2) is 7.57. The van der Waals surface area contributed by atoms with Crippen LogP contribution in [0.5, 0.6) is 0 Å². The standard InChI is InChI=1S/C18H21FN4O2/c1-25-11-16(24)23-8-2-3-13(10-23)17-15(9-21-18(20)22-17)12-4-6-14(19)7-5-12/h4-7,9,13H,2-3,8,10-11H2,1H3,(H2,20,21,22)/t13-/m0/s1. The van der Waals surface area contributed by atoms with Gasteiger partial charge in [0.2, 0.25) is 11.9 Å². The molecular formula is C18H21FN4O2. The lowest BCUT2D eigenvalue weighted by atomic mass is 9.90. The molecule has 1 fully saturated rings. The van der Waals surface area contributed by atoms with Crippen molar-refractivity contribution in [3.8, 4) is 11.1 Å². The topological polar surface area (TPSA) is 81.3 Å². The maximum Gasteiger partial charge on any atom is 0.248 e. The van der Waals surface area contributed by atoms with Gasteiger partial charge in [0.25, 0.3) is 0 Å². The van der Waals surface area contributed by atoms with Crippen LogP contribution in [0.25, 0.3) is 11.1 Å². The van der Waals surface area contributed by atoms with Gasteiger partial charge < -0.3 is 15.4 Å². The molecule has 25 heavy (non-hydrogen) atoms. The molecule has 1 aromatic carbocycles. The lowest BCUT2D eigenvalue weighted by Crippen LogP contribution is -2.41. The van der Waals surface area contributed by atoms with Gasteiger partial charge in [-0.2, -0.15) is 0 Å². The van der Waals surface area contributed by atoms with Crippen LogP contribution in [0.15, 0.2) is 30.5 Å². The Morgan fingerprint density at radius 1 is 1.40 bits per heavy atom. The molecule has 1 saturated heterocycles. The van der Waals surface area contributed by atoms with Crippen LogP contribution in [-0.4, -0.2) is 47.6 Å². The Labute approximate surface area is 145 Å². The van der Waals surface area contributed by atoms with Crippen LogP contribution in [0.2, 0.25) is 0 Å². The first-order valence-corrected chi connectivity index (χ1v) is 8.23. The summed E-state index contributed by atoms with van der Waals surface area (Å²) in [5.74, 6) is -0.0747. The molecular weight excluding hydrogens is 323 g/mol. The van der Waals surface area contributed by atoms with Gasteiger partial charge in [-0.3, -0.25) is 4.79 Å². The number of benzene rings is 1. The monoisotopic (exact) mass is 344 g/mol. The molecule has 132 valence electrons. The van der Waals surface area contributed by atoms with Crippen molar-refractivity contribution < 1.29 is 13.9 Å². The molecule has 1 atom stereocenters. The summed E-state index contributed by atoms with van der Waals surface area (Å²) < 4.78 is 18.2. The number of anilines is 1. The maximum absolute atomic E-state index is 13.2. The Morgan fingerprint density at radius 3 is 2.88 bits per heavy atom. The van der Waals surface area contributed by atoms with Crippen LogP contribution in [0.4, 0.5) is 10.3 Å². The molecule has 0 aliphatic carbocycles. The van der Waals surface area contributed by atoms with Gasteiger partial charge in [-0.25, -0.2) is 14.4 Å². The molecule has 7 heteroatoms. The number of nitrogens with two attached hydrogens (primary N) is 1. The van der Waals surface area contributed by atoms with Gasteiger partial charge in [0, 0.05) is 37.9 Å². The molecule has 0 bridgehead atoms. The fourth-order valence-corrected chi connectivity index (χ4v) is 3.21. The van der Waals surface area contributed by atoms with E-state index >= 15 is 0 Å². The normalized spacial score (nSPS) is 17.5. The summed E-state index contributed by atoms with van der Waals surface area (Å²) in [7, 11) is 1.51. The first-order chi connectivity index (χ1) is 12.1. The highest BCUT2D eigenvalue weighted by molar-refractivity contribution is 5.77. The summed E-state index contributed by atoms with van der Waals surface area (Å²) in [6, 6.07) is 6.21. The van der Waals surface area contributed by atoms with Crippen molar-refractivity contribution in [1.82, 2.24) is 14.9 Å². The van der Waals surface area contributed by atoms with E-state index in [1.807, 2.05) is 0 Å². The van der Waals surface area contributed by atoms with Crippen LogP contribution in [0.1, 0.15) is 24.5 Å². The quantitative estimate of drug-likeness (QED) is 0.920. The minimum Gasteiger partial charge on any atom is -0.375 e. The number of carbonyl (C=O) groups excluding carboxylic acids is 1. The van der Waals surface area contributed by atoms with E-state index in [0.717, 1.165) is 29.7 Å². The number of likely N-dealkylation sites (tertiary alicyclic amines) is 1. The zero-order chi connectivity index (χ0) is 17.8. The Balaban J connectivity index is 1.91. The summed E-state index contributed by atoms with van der Waals surface area (Å²) in [6.07, 6.45) is 3.45. The van der Waals surface area contributed by atoms with E-state index in [-0.39, 0.29) is 30.2 Å². The van der Waals surface area contributed by atoms with E-state index in [0.29, 0.717) is 13.1 Å². The van der Waals surface area contributed by atoms with Crippen molar-refractivity contribution in [3.05, 3.63) is 42.0 Å². The Bertz CT molecular complexity index is 751. The third-order valence-electron chi connectivity index (χ3n) is 4.42. The van der Waals surface area contributed by atoms with E-state index in [1.165, 1.54) is 19.2 Å². The summed E-state index contributed by atoms with van der Waals surface area (Å²) >= 11 is 0. The number of nitrogen functional groups attached to an aromatic ring is 1. The van der Waals surface area contributed by atoms with Crippen molar-refractivity contribution in [1.29, 1.82) is 0 Å². The van der Waals surface area contributed by atoms with Crippen LogP contribution in [0, 0.1) is 5.82 Å². The number of hydrogen-bond donors (Lipinski definition) is 1. The number of carbonyl (C=O) groups is 1. The minimum atomic E-state index is -0.296. The summed E-state index contributed by atoms with van der Waals surface area (Å²) in [6.45, 7) is 1.35. The van der Waals surface area contributed by atoms with Gasteiger partial charge in [-0.1, -0.05) is 12.1 Å². The van der Waals surface area contributed by atoms with Gasteiger partial charge in [0.1, 0.15) is 12.4 Å². The predicted octanol–water partition coefficient (Wildman–Crippen LogP) is 2.22. The number of nitrogens with zero attached hydrogens (tertiary/aromatic N) is 3. The number of methoxy groups -OCH3 is 1. The summed E-state index contributed by atoms with van der Waals surface area (Å²) in [5.41, 5.74) is 8.25. The minimum absolute atomic E-state index is 0.0300. The molecule has 2 aromatic rings. The average Bonchev–Trinajstić information content (AvgIpc) is 2.63. The Kier molecular flexibility index (Phi) is 5.23. The molecule has 1 amide bonds. The highest BCUT2D eigenvalue weighted by Crippen LogP contribution is 2.33. The van der Waals surface area contributed by atoms with Crippen LogP contribution < -0.4 is 5.73 Å². The Hall–Kier alpha value is -2.54. The predicted molar refractivity (Wildman–Crippen MR) is 92.3 cm³/mol. The first kappa shape index (κ1) is 17.3. The number of aromatic nitrogens is 2. The van der Waals surface area contributed by atoms with Crippen molar-refractivity contribution in [3.63, 3.8) is 0 Å². The molecule has 0 radical (unpaired) electrons. The molecule has 1 aliphatic rings. The third-order valence-corrected chi connectivity index (χ3v) is 4.42. The maximum atomic E-state index is 13.2. The third kappa shape index (κ3) is 3.93. The smallest absolute Gasteiger partial charge is 0.248 e. The average molecular weight is 344 g/mol. The van der Waals surface area contributed by atoms with E-state index in [2.05, 4.69) is 9.97 Å². The number of piperidine rings is 1. The SMILES string of the molecule is COCC(=O)N1CCC[C@H](c2nc(N)ncc2-c2ccc(F)cc2)C1. The zero-order valence-electron chi connectivity index (χ0n) is 14.1. The molecule has 3 rings (SSSR count). The van der Waals surface area contributed by atoms with E-state index in [4.69, 9.17) is 10.5 Å². The second-order valence-corrected chi connectivity index (χ2v) is 6.15. The van der Waals surface area contributed by atoms with Crippen molar-refractivity contribution in [2.75, 3.05) is 32.5 Å². The number of rotatable bonds is 4. The van der Waals surface area contributed by atoms with Crippen LogP contribution in [0.3, 0.4) is 0 Å². The molecule has 1 aliphatic heterocycles. The van der Waals surface area contributed by atoms with Crippen molar-refractivity contribution >= 4 is 11.9 Å². The van der Waals surface area contributed by atoms with E-state index in [1.54, 1.807) is 23.2 Å².